The van der Waals surface area contributed by atoms with Gasteiger partial charge in [0.25, 0.3) is 0 Å². The molecule has 0 amide bonds. The van der Waals surface area contributed by atoms with E-state index < -0.39 is 0 Å². The summed E-state index contributed by atoms with van der Waals surface area (Å²) in [5, 5.41) is 12.5. The summed E-state index contributed by atoms with van der Waals surface area (Å²) in [6.07, 6.45) is 2.23. The lowest BCUT2D eigenvalue weighted by Gasteiger charge is -2.31. The lowest BCUT2D eigenvalue weighted by Crippen LogP contribution is -2.46. The van der Waals surface area contributed by atoms with E-state index in [0.29, 0.717) is 0 Å². The molecule has 16 heavy (non-hydrogen) atoms. The minimum Gasteiger partial charge on any atom is -0.394 e. The molecule has 0 saturated heterocycles. The van der Waals surface area contributed by atoms with Crippen molar-refractivity contribution in [1.29, 1.82) is 0 Å². The van der Waals surface area contributed by atoms with Gasteiger partial charge >= 0.3 is 0 Å². The van der Waals surface area contributed by atoms with E-state index in [1.807, 2.05) is 7.05 Å². The molecule has 0 spiro atoms. The van der Waals surface area contributed by atoms with Crippen LogP contribution in [-0.4, -0.2) is 48.8 Å². The Hall–Kier alpha value is -0.120. The van der Waals surface area contributed by atoms with Crippen LogP contribution < -0.4 is 5.32 Å². The monoisotopic (exact) mass is 230 g/mol. The van der Waals surface area contributed by atoms with Crippen molar-refractivity contribution in [3.8, 4) is 0 Å². The standard InChI is InChI=1S/C13H30N2O/c1-6-12(3)10-15(7-2)9-8-13(4,11-16)14-5/h12,14,16H,6-11H2,1-5H3. The average Bonchev–Trinajstić information content (AvgIpc) is 2.33. The largest absolute Gasteiger partial charge is 0.394 e. The van der Waals surface area contributed by atoms with Crippen LogP contribution >= 0.6 is 0 Å². The maximum Gasteiger partial charge on any atom is 0.0610 e. The predicted molar refractivity (Wildman–Crippen MR) is 70.7 cm³/mol. The first-order chi connectivity index (χ1) is 7.51. The van der Waals surface area contributed by atoms with Crippen molar-refractivity contribution in [2.45, 2.75) is 46.1 Å². The minimum atomic E-state index is -0.136. The van der Waals surface area contributed by atoms with Crippen LogP contribution in [0.4, 0.5) is 0 Å². The number of hydrogen-bond donors (Lipinski definition) is 2. The summed E-state index contributed by atoms with van der Waals surface area (Å²) in [4.78, 5) is 2.47. The molecule has 0 saturated carbocycles. The van der Waals surface area contributed by atoms with E-state index in [2.05, 4.69) is 37.9 Å². The topological polar surface area (TPSA) is 35.5 Å². The SMILES string of the molecule is CCC(C)CN(CC)CCC(C)(CO)NC. The molecule has 0 aromatic rings. The number of aliphatic hydroxyl groups excluding tert-OH is 1. The van der Waals surface area contributed by atoms with Crippen molar-refractivity contribution in [2.24, 2.45) is 5.92 Å². The predicted octanol–water partition coefficient (Wildman–Crippen LogP) is 1.71. The van der Waals surface area contributed by atoms with Crippen molar-refractivity contribution in [3.05, 3.63) is 0 Å². The molecule has 0 rings (SSSR count). The van der Waals surface area contributed by atoms with Crippen LogP contribution in [0.1, 0.15) is 40.5 Å². The van der Waals surface area contributed by atoms with Crippen LogP contribution in [0, 0.1) is 5.92 Å². The molecule has 0 aromatic heterocycles. The first-order valence-electron chi connectivity index (χ1n) is 6.53. The average molecular weight is 230 g/mol. The number of likely N-dealkylation sites (N-methyl/N-ethyl adjacent to an activating group) is 1. The van der Waals surface area contributed by atoms with Gasteiger partial charge in [-0.25, -0.2) is 0 Å². The fourth-order valence-electron chi connectivity index (χ4n) is 1.64. The molecule has 2 N–H and O–H groups in total. The lowest BCUT2D eigenvalue weighted by molar-refractivity contribution is 0.148. The smallest absolute Gasteiger partial charge is 0.0610 e. The molecular formula is C13H30N2O. The van der Waals surface area contributed by atoms with Crippen molar-refractivity contribution >= 4 is 0 Å². The fourth-order valence-corrected chi connectivity index (χ4v) is 1.64. The van der Waals surface area contributed by atoms with Gasteiger partial charge in [-0.15, -0.1) is 0 Å². The summed E-state index contributed by atoms with van der Waals surface area (Å²) in [5.41, 5.74) is -0.136. The summed E-state index contributed by atoms with van der Waals surface area (Å²) in [6.45, 7) is 12.3. The molecule has 0 aliphatic heterocycles. The summed E-state index contributed by atoms with van der Waals surface area (Å²) in [5.74, 6) is 0.759. The molecule has 3 heteroatoms. The van der Waals surface area contributed by atoms with Gasteiger partial charge in [-0.3, -0.25) is 0 Å². The molecule has 2 atom stereocenters. The number of rotatable bonds is 9. The third kappa shape index (κ3) is 5.83. The number of aliphatic hydroxyl groups is 1. The molecule has 3 nitrogen and oxygen atoms in total. The Labute approximate surface area is 101 Å². The highest BCUT2D eigenvalue weighted by Crippen LogP contribution is 2.11. The van der Waals surface area contributed by atoms with Crippen LogP contribution in [0.2, 0.25) is 0 Å². The Balaban J connectivity index is 4.03. The molecular weight excluding hydrogens is 200 g/mol. The second-order valence-electron chi connectivity index (χ2n) is 5.13. The quantitative estimate of drug-likeness (QED) is 0.633. The highest BCUT2D eigenvalue weighted by Gasteiger charge is 2.21. The van der Waals surface area contributed by atoms with E-state index in [1.54, 1.807) is 0 Å². The van der Waals surface area contributed by atoms with E-state index in [-0.39, 0.29) is 12.1 Å². The van der Waals surface area contributed by atoms with Gasteiger partial charge in [0.2, 0.25) is 0 Å². The van der Waals surface area contributed by atoms with Gasteiger partial charge in [0.15, 0.2) is 0 Å². The zero-order chi connectivity index (χ0) is 12.6. The van der Waals surface area contributed by atoms with E-state index in [1.165, 1.54) is 6.42 Å². The third-order valence-corrected chi connectivity index (χ3v) is 3.65. The summed E-state index contributed by atoms with van der Waals surface area (Å²) in [6, 6.07) is 0. The van der Waals surface area contributed by atoms with Gasteiger partial charge < -0.3 is 15.3 Å². The Morgan fingerprint density at radius 1 is 1.38 bits per heavy atom. The number of nitrogens with zero attached hydrogens (tertiary/aromatic N) is 1. The van der Waals surface area contributed by atoms with Crippen LogP contribution in [-0.2, 0) is 0 Å². The van der Waals surface area contributed by atoms with Gasteiger partial charge in [-0.1, -0.05) is 27.2 Å². The first-order valence-corrected chi connectivity index (χ1v) is 6.53. The van der Waals surface area contributed by atoms with Crippen molar-refractivity contribution in [2.75, 3.05) is 33.3 Å². The van der Waals surface area contributed by atoms with Gasteiger partial charge in [0, 0.05) is 12.1 Å². The minimum absolute atomic E-state index is 0.136. The molecule has 2 unspecified atom stereocenters. The van der Waals surface area contributed by atoms with Gasteiger partial charge in [0.05, 0.1) is 6.61 Å². The van der Waals surface area contributed by atoms with Crippen LogP contribution in [0.5, 0.6) is 0 Å². The van der Waals surface area contributed by atoms with Gasteiger partial charge in [-0.2, -0.15) is 0 Å². The Bertz CT molecular complexity index is 169. The van der Waals surface area contributed by atoms with Gasteiger partial charge in [-0.05, 0) is 39.4 Å². The molecule has 0 heterocycles. The van der Waals surface area contributed by atoms with Gasteiger partial charge in [0.1, 0.15) is 0 Å². The van der Waals surface area contributed by atoms with Crippen molar-refractivity contribution in [1.82, 2.24) is 10.2 Å². The van der Waals surface area contributed by atoms with Crippen LogP contribution in [0.25, 0.3) is 0 Å². The summed E-state index contributed by atoms with van der Waals surface area (Å²) < 4.78 is 0. The first kappa shape index (κ1) is 15.9. The van der Waals surface area contributed by atoms with E-state index in [9.17, 15) is 5.11 Å². The molecule has 0 radical (unpaired) electrons. The maximum absolute atomic E-state index is 9.32. The van der Waals surface area contributed by atoms with E-state index >= 15 is 0 Å². The normalized spacial score (nSPS) is 17.4. The third-order valence-electron chi connectivity index (χ3n) is 3.65. The van der Waals surface area contributed by atoms with Crippen molar-refractivity contribution in [3.63, 3.8) is 0 Å². The maximum atomic E-state index is 9.32. The Kier molecular flexibility index (Phi) is 7.98. The number of hydrogen-bond acceptors (Lipinski definition) is 3. The highest BCUT2D eigenvalue weighted by molar-refractivity contribution is 4.81. The molecule has 0 fully saturated rings. The van der Waals surface area contributed by atoms with Crippen LogP contribution in [0.15, 0.2) is 0 Å². The molecule has 0 bridgehead atoms. The second kappa shape index (κ2) is 8.04. The Morgan fingerprint density at radius 3 is 2.38 bits per heavy atom. The zero-order valence-corrected chi connectivity index (χ0v) is 11.7. The lowest BCUT2D eigenvalue weighted by atomic mass is 9.98. The Morgan fingerprint density at radius 2 is 2.00 bits per heavy atom. The van der Waals surface area contributed by atoms with E-state index in [4.69, 9.17) is 0 Å². The molecule has 0 aromatic carbocycles. The second-order valence-corrected chi connectivity index (χ2v) is 5.13. The molecule has 0 aliphatic carbocycles. The highest BCUT2D eigenvalue weighted by atomic mass is 16.3. The van der Waals surface area contributed by atoms with E-state index in [0.717, 1.165) is 32.0 Å². The molecule has 0 aliphatic rings. The summed E-state index contributed by atoms with van der Waals surface area (Å²) >= 11 is 0. The molecule has 98 valence electrons. The van der Waals surface area contributed by atoms with Crippen molar-refractivity contribution < 1.29 is 5.11 Å². The van der Waals surface area contributed by atoms with Crippen LogP contribution in [0.3, 0.4) is 0 Å². The fraction of sp³-hybridized carbons (Fsp3) is 1.00. The zero-order valence-electron chi connectivity index (χ0n) is 11.7. The summed E-state index contributed by atoms with van der Waals surface area (Å²) in [7, 11) is 1.92. The number of nitrogens with one attached hydrogen (secondary N) is 1.